The zero-order valence-electron chi connectivity index (χ0n) is 11.0. The van der Waals surface area contributed by atoms with Gasteiger partial charge in [-0.3, -0.25) is 0 Å². The molecule has 1 N–H and O–H groups in total. The zero-order chi connectivity index (χ0) is 14.9. The molecule has 2 aromatic rings. The van der Waals surface area contributed by atoms with Gasteiger partial charge in [-0.15, -0.1) is 0 Å². The lowest BCUT2D eigenvalue weighted by molar-refractivity contribution is 0.571. The molecular formula is C15H13ClF3N. The molecule has 0 amide bonds. The molecule has 0 aliphatic rings. The van der Waals surface area contributed by atoms with E-state index in [4.69, 9.17) is 11.6 Å². The Hall–Kier alpha value is -1.52. The number of rotatable bonds is 3. The van der Waals surface area contributed by atoms with Crippen LogP contribution in [0.1, 0.15) is 22.7 Å². The Morgan fingerprint density at radius 3 is 2.15 bits per heavy atom. The van der Waals surface area contributed by atoms with Gasteiger partial charge in [0.25, 0.3) is 0 Å². The average molecular weight is 300 g/mol. The maximum absolute atomic E-state index is 13.4. The van der Waals surface area contributed by atoms with Gasteiger partial charge in [0.1, 0.15) is 17.5 Å². The standard InChI is InChI=1S/C15H13ClF3N/c1-8-3-12(13(16)7-14(8)19)15(20-2)9-4-10(17)6-11(18)5-9/h3-7,15,20H,1-2H3. The Labute approximate surface area is 120 Å². The van der Waals surface area contributed by atoms with Gasteiger partial charge >= 0.3 is 0 Å². The van der Waals surface area contributed by atoms with Crippen molar-refractivity contribution in [1.82, 2.24) is 5.32 Å². The molecule has 0 spiro atoms. The number of nitrogens with one attached hydrogen (secondary N) is 1. The Morgan fingerprint density at radius 1 is 1.00 bits per heavy atom. The molecule has 106 valence electrons. The van der Waals surface area contributed by atoms with E-state index < -0.39 is 23.5 Å². The third kappa shape index (κ3) is 2.97. The summed E-state index contributed by atoms with van der Waals surface area (Å²) in [7, 11) is 1.64. The van der Waals surface area contributed by atoms with Crippen molar-refractivity contribution in [1.29, 1.82) is 0 Å². The molecule has 0 bridgehead atoms. The summed E-state index contributed by atoms with van der Waals surface area (Å²) in [4.78, 5) is 0. The van der Waals surface area contributed by atoms with Gasteiger partial charge < -0.3 is 5.32 Å². The third-order valence-corrected chi connectivity index (χ3v) is 3.42. The predicted octanol–water partition coefficient (Wildman–Crippen LogP) is 4.37. The normalized spacial score (nSPS) is 12.5. The summed E-state index contributed by atoms with van der Waals surface area (Å²) in [6, 6.07) is 5.49. The van der Waals surface area contributed by atoms with Crippen molar-refractivity contribution >= 4 is 11.6 Å². The summed E-state index contributed by atoms with van der Waals surface area (Å²) >= 11 is 6.04. The number of halogens is 4. The highest BCUT2D eigenvalue weighted by Gasteiger charge is 2.18. The van der Waals surface area contributed by atoms with E-state index in [2.05, 4.69) is 5.32 Å². The SMILES string of the molecule is CNC(c1cc(F)cc(F)c1)c1cc(C)c(F)cc1Cl. The maximum atomic E-state index is 13.4. The molecule has 5 heteroatoms. The molecule has 0 aromatic heterocycles. The quantitative estimate of drug-likeness (QED) is 0.887. The Bertz CT molecular complexity index is 623. The molecule has 0 saturated heterocycles. The van der Waals surface area contributed by atoms with Crippen LogP contribution in [0.4, 0.5) is 13.2 Å². The highest BCUT2D eigenvalue weighted by atomic mass is 35.5. The second kappa shape index (κ2) is 5.85. The van der Waals surface area contributed by atoms with Gasteiger partial charge in [0.05, 0.1) is 6.04 Å². The Morgan fingerprint density at radius 2 is 1.60 bits per heavy atom. The predicted molar refractivity (Wildman–Crippen MR) is 73.4 cm³/mol. The van der Waals surface area contributed by atoms with E-state index in [0.29, 0.717) is 16.7 Å². The monoisotopic (exact) mass is 299 g/mol. The molecule has 1 unspecified atom stereocenters. The molecular weight excluding hydrogens is 287 g/mol. The van der Waals surface area contributed by atoms with Gasteiger partial charge in [-0.05, 0) is 54.9 Å². The van der Waals surface area contributed by atoms with E-state index >= 15 is 0 Å². The van der Waals surface area contributed by atoms with Crippen LogP contribution in [-0.2, 0) is 0 Å². The lowest BCUT2D eigenvalue weighted by Gasteiger charge is -2.19. The summed E-state index contributed by atoms with van der Waals surface area (Å²) in [6.07, 6.45) is 0. The van der Waals surface area contributed by atoms with Crippen molar-refractivity contribution in [3.05, 3.63) is 69.5 Å². The summed E-state index contributed by atoms with van der Waals surface area (Å²) in [6.45, 7) is 1.61. The van der Waals surface area contributed by atoms with Gasteiger partial charge in [-0.25, -0.2) is 13.2 Å². The zero-order valence-corrected chi connectivity index (χ0v) is 11.7. The second-order valence-corrected chi connectivity index (χ2v) is 4.95. The fourth-order valence-electron chi connectivity index (χ4n) is 2.14. The van der Waals surface area contributed by atoms with Crippen LogP contribution in [0.25, 0.3) is 0 Å². The van der Waals surface area contributed by atoms with Crippen molar-refractivity contribution in [3.8, 4) is 0 Å². The van der Waals surface area contributed by atoms with Crippen LogP contribution in [-0.4, -0.2) is 7.05 Å². The second-order valence-electron chi connectivity index (χ2n) is 4.55. The first-order chi connectivity index (χ1) is 9.42. The van der Waals surface area contributed by atoms with E-state index in [0.717, 1.165) is 6.07 Å². The summed E-state index contributed by atoms with van der Waals surface area (Å²) < 4.78 is 40.1. The topological polar surface area (TPSA) is 12.0 Å². The van der Waals surface area contributed by atoms with Crippen LogP contribution < -0.4 is 5.32 Å². The number of hydrogen-bond donors (Lipinski definition) is 1. The summed E-state index contributed by atoms with van der Waals surface area (Å²) in [5, 5.41) is 3.14. The molecule has 20 heavy (non-hydrogen) atoms. The minimum absolute atomic E-state index is 0.206. The molecule has 0 heterocycles. The minimum Gasteiger partial charge on any atom is -0.309 e. The average Bonchev–Trinajstić information content (AvgIpc) is 2.35. The fourth-order valence-corrected chi connectivity index (χ4v) is 2.40. The van der Waals surface area contributed by atoms with E-state index in [9.17, 15) is 13.2 Å². The van der Waals surface area contributed by atoms with E-state index in [1.54, 1.807) is 20.0 Å². The molecule has 2 rings (SSSR count). The molecule has 2 aromatic carbocycles. The van der Waals surface area contributed by atoms with E-state index in [-0.39, 0.29) is 5.02 Å². The van der Waals surface area contributed by atoms with Gasteiger partial charge in [0.15, 0.2) is 0 Å². The molecule has 0 aliphatic heterocycles. The number of aryl methyl sites for hydroxylation is 1. The van der Waals surface area contributed by atoms with Crippen LogP contribution in [0.15, 0.2) is 30.3 Å². The van der Waals surface area contributed by atoms with Crippen molar-refractivity contribution in [3.63, 3.8) is 0 Å². The third-order valence-electron chi connectivity index (χ3n) is 3.10. The van der Waals surface area contributed by atoms with Crippen LogP contribution >= 0.6 is 11.6 Å². The smallest absolute Gasteiger partial charge is 0.127 e. The fraction of sp³-hybridized carbons (Fsp3) is 0.200. The molecule has 1 nitrogen and oxygen atoms in total. The van der Waals surface area contributed by atoms with E-state index in [1.807, 2.05) is 0 Å². The number of benzene rings is 2. The van der Waals surface area contributed by atoms with Crippen molar-refractivity contribution in [2.75, 3.05) is 7.05 Å². The van der Waals surface area contributed by atoms with Crippen molar-refractivity contribution < 1.29 is 13.2 Å². The minimum atomic E-state index is -0.671. The van der Waals surface area contributed by atoms with Gasteiger partial charge in [0.2, 0.25) is 0 Å². The van der Waals surface area contributed by atoms with Crippen molar-refractivity contribution in [2.45, 2.75) is 13.0 Å². The largest absolute Gasteiger partial charge is 0.309 e. The lowest BCUT2D eigenvalue weighted by Crippen LogP contribution is -2.19. The van der Waals surface area contributed by atoms with Crippen LogP contribution in [0.3, 0.4) is 0 Å². The van der Waals surface area contributed by atoms with Crippen LogP contribution in [0, 0.1) is 24.4 Å². The number of hydrogen-bond acceptors (Lipinski definition) is 1. The highest BCUT2D eigenvalue weighted by molar-refractivity contribution is 6.31. The first-order valence-corrected chi connectivity index (χ1v) is 6.39. The lowest BCUT2D eigenvalue weighted by atomic mass is 9.97. The summed E-state index contributed by atoms with van der Waals surface area (Å²) in [5.74, 6) is -1.76. The Kier molecular flexibility index (Phi) is 4.35. The summed E-state index contributed by atoms with van der Waals surface area (Å²) in [5.41, 5.74) is 1.37. The van der Waals surface area contributed by atoms with Crippen LogP contribution in [0.2, 0.25) is 5.02 Å². The first kappa shape index (κ1) is 14.9. The molecule has 0 radical (unpaired) electrons. The van der Waals surface area contributed by atoms with E-state index in [1.165, 1.54) is 18.2 Å². The Balaban J connectivity index is 2.55. The first-order valence-electron chi connectivity index (χ1n) is 6.01. The highest BCUT2D eigenvalue weighted by Crippen LogP contribution is 2.30. The molecule has 0 saturated carbocycles. The van der Waals surface area contributed by atoms with Crippen LogP contribution in [0.5, 0.6) is 0 Å². The van der Waals surface area contributed by atoms with Gasteiger partial charge in [-0.1, -0.05) is 11.6 Å². The molecule has 0 aliphatic carbocycles. The van der Waals surface area contributed by atoms with Gasteiger partial charge in [0, 0.05) is 11.1 Å². The molecule has 1 atom stereocenters. The molecule has 0 fully saturated rings. The maximum Gasteiger partial charge on any atom is 0.127 e. The van der Waals surface area contributed by atoms with Crippen molar-refractivity contribution in [2.24, 2.45) is 0 Å². The van der Waals surface area contributed by atoms with Gasteiger partial charge in [-0.2, -0.15) is 0 Å².